The van der Waals surface area contributed by atoms with Gasteiger partial charge in [0, 0.05) is 17.4 Å². The number of Topliss-reactive ketones (excluding diaryl/α,β-unsaturated/α-hetero) is 1. The highest BCUT2D eigenvalue weighted by molar-refractivity contribution is 6.52. The van der Waals surface area contributed by atoms with E-state index in [-0.39, 0.29) is 5.88 Å². The summed E-state index contributed by atoms with van der Waals surface area (Å²) in [4.78, 5) is 24.4. The maximum Gasteiger partial charge on any atom is 0.299 e. The van der Waals surface area contributed by atoms with Crippen LogP contribution in [-0.2, 0) is 4.79 Å². The number of anilines is 1. The first kappa shape index (κ1) is 10.5. The van der Waals surface area contributed by atoms with Gasteiger partial charge in [-0.3, -0.25) is 9.59 Å². The van der Waals surface area contributed by atoms with E-state index >= 15 is 0 Å². The summed E-state index contributed by atoms with van der Waals surface area (Å²) in [7, 11) is 0. The van der Waals surface area contributed by atoms with Crippen molar-refractivity contribution >= 4 is 40.6 Å². The fraction of sp³-hybridized carbons (Fsp3) is 0.200. The van der Waals surface area contributed by atoms with E-state index in [1.54, 1.807) is 18.2 Å². The van der Waals surface area contributed by atoms with Crippen molar-refractivity contribution in [2.45, 2.75) is 0 Å². The van der Waals surface area contributed by atoms with Gasteiger partial charge < -0.3 is 4.90 Å². The van der Waals surface area contributed by atoms with Crippen molar-refractivity contribution in [1.82, 2.24) is 0 Å². The first-order valence-electron chi connectivity index (χ1n) is 4.37. The van der Waals surface area contributed by atoms with Gasteiger partial charge in [-0.1, -0.05) is 11.6 Å². The van der Waals surface area contributed by atoms with Gasteiger partial charge >= 0.3 is 0 Å². The summed E-state index contributed by atoms with van der Waals surface area (Å²) in [5, 5.41) is 0.496. The Balaban J connectivity index is 2.51. The molecule has 1 aromatic carbocycles. The molecule has 0 spiro atoms. The Bertz CT molecular complexity index is 445. The van der Waals surface area contributed by atoms with Crippen molar-refractivity contribution in [2.75, 3.05) is 17.3 Å². The van der Waals surface area contributed by atoms with Gasteiger partial charge in [-0.2, -0.15) is 0 Å². The minimum atomic E-state index is -0.534. The second-order valence-electron chi connectivity index (χ2n) is 3.14. The van der Waals surface area contributed by atoms with E-state index in [9.17, 15) is 9.59 Å². The highest BCUT2D eigenvalue weighted by Crippen LogP contribution is 2.31. The summed E-state index contributed by atoms with van der Waals surface area (Å²) >= 11 is 11.4. The Morgan fingerprint density at radius 2 is 2.00 bits per heavy atom. The molecule has 0 bridgehead atoms. The van der Waals surface area contributed by atoms with Crippen molar-refractivity contribution in [3.05, 3.63) is 28.8 Å². The van der Waals surface area contributed by atoms with Gasteiger partial charge in [0.15, 0.2) is 0 Å². The van der Waals surface area contributed by atoms with Gasteiger partial charge in [0.25, 0.3) is 11.7 Å². The number of carbonyl (C=O) groups excluding carboxylic acids is 2. The average molecular weight is 244 g/mol. The SMILES string of the molecule is O=C1C(=O)N(CCCl)c2cc(Cl)ccc21. The zero-order valence-corrected chi connectivity index (χ0v) is 9.18. The molecule has 1 heterocycles. The van der Waals surface area contributed by atoms with E-state index in [0.29, 0.717) is 22.8 Å². The van der Waals surface area contributed by atoms with E-state index in [1.165, 1.54) is 4.90 Å². The van der Waals surface area contributed by atoms with Gasteiger partial charge in [-0.05, 0) is 18.2 Å². The number of hydrogen-bond acceptors (Lipinski definition) is 2. The van der Waals surface area contributed by atoms with Crippen LogP contribution in [0, 0.1) is 0 Å². The van der Waals surface area contributed by atoms with Crippen molar-refractivity contribution in [2.24, 2.45) is 0 Å². The zero-order valence-electron chi connectivity index (χ0n) is 7.67. The second kappa shape index (κ2) is 3.83. The van der Waals surface area contributed by atoms with Crippen LogP contribution in [0.3, 0.4) is 0 Å². The first-order valence-corrected chi connectivity index (χ1v) is 5.28. The van der Waals surface area contributed by atoms with Crippen LogP contribution in [0.5, 0.6) is 0 Å². The Kier molecular flexibility index (Phi) is 2.67. The van der Waals surface area contributed by atoms with E-state index in [4.69, 9.17) is 23.2 Å². The fourth-order valence-corrected chi connectivity index (χ4v) is 1.91. The predicted molar refractivity (Wildman–Crippen MR) is 58.9 cm³/mol. The van der Waals surface area contributed by atoms with Crippen LogP contribution in [0.4, 0.5) is 5.69 Å². The van der Waals surface area contributed by atoms with Crippen LogP contribution in [0.25, 0.3) is 0 Å². The molecular formula is C10H7Cl2NO2. The Labute approximate surface area is 96.6 Å². The number of benzene rings is 1. The molecule has 0 radical (unpaired) electrons. The van der Waals surface area contributed by atoms with Crippen molar-refractivity contribution in [1.29, 1.82) is 0 Å². The molecule has 0 saturated carbocycles. The molecule has 0 aliphatic carbocycles. The normalized spacial score (nSPS) is 14.7. The van der Waals surface area contributed by atoms with Crippen LogP contribution < -0.4 is 4.90 Å². The van der Waals surface area contributed by atoms with Crippen LogP contribution in [0.15, 0.2) is 18.2 Å². The molecule has 0 atom stereocenters. The molecule has 1 amide bonds. The van der Waals surface area contributed by atoms with Crippen molar-refractivity contribution < 1.29 is 9.59 Å². The lowest BCUT2D eigenvalue weighted by Crippen LogP contribution is -2.31. The molecule has 3 nitrogen and oxygen atoms in total. The van der Waals surface area contributed by atoms with Crippen LogP contribution in [0.1, 0.15) is 10.4 Å². The molecular weight excluding hydrogens is 237 g/mol. The van der Waals surface area contributed by atoms with Crippen LogP contribution >= 0.6 is 23.2 Å². The second-order valence-corrected chi connectivity index (χ2v) is 3.95. The molecule has 1 aromatic rings. The summed E-state index contributed by atoms with van der Waals surface area (Å²) in [5.74, 6) is -0.745. The Hall–Kier alpha value is -1.06. The van der Waals surface area contributed by atoms with Crippen LogP contribution in [0.2, 0.25) is 5.02 Å². The van der Waals surface area contributed by atoms with E-state index < -0.39 is 11.7 Å². The summed E-state index contributed by atoms with van der Waals surface area (Å²) in [6, 6.07) is 4.76. The molecule has 5 heteroatoms. The quantitative estimate of drug-likeness (QED) is 0.590. The zero-order chi connectivity index (χ0) is 11.0. The predicted octanol–water partition coefficient (Wildman–Crippen LogP) is 2.11. The van der Waals surface area contributed by atoms with Gasteiger partial charge in [0.05, 0.1) is 11.3 Å². The molecule has 0 N–H and O–H groups in total. The largest absolute Gasteiger partial charge is 0.304 e. The molecule has 0 aromatic heterocycles. The Morgan fingerprint density at radius 1 is 1.27 bits per heavy atom. The maximum atomic E-state index is 11.5. The molecule has 2 rings (SSSR count). The minimum Gasteiger partial charge on any atom is -0.304 e. The lowest BCUT2D eigenvalue weighted by atomic mass is 10.1. The molecule has 0 fully saturated rings. The molecule has 1 aliphatic rings. The highest BCUT2D eigenvalue weighted by atomic mass is 35.5. The third-order valence-corrected chi connectivity index (χ3v) is 2.65. The number of amides is 1. The fourth-order valence-electron chi connectivity index (χ4n) is 1.57. The van der Waals surface area contributed by atoms with Crippen molar-refractivity contribution in [3.63, 3.8) is 0 Å². The highest BCUT2D eigenvalue weighted by Gasteiger charge is 2.35. The summed E-state index contributed by atoms with van der Waals surface area (Å²) in [5.41, 5.74) is 0.952. The number of alkyl halides is 1. The van der Waals surface area contributed by atoms with E-state index in [0.717, 1.165) is 0 Å². The Morgan fingerprint density at radius 3 is 2.67 bits per heavy atom. The first-order chi connectivity index (χ1) is 7.15. The number of rotatable bonds is 2. The topological polar surface area (TPSA) is 37.4 Å². The summed E-state index contributed by atoms with van der Waals surface area (Å²) in [6.07, 6.45) is 0. The maximum absolute atomic E-state index is 11.5. The monoisotopic (exact) mass is 243 g/mol. The van der Waals surface area contributed by atoms with Gasteiger partial charge in [-0.15, -0.1) is 11.6 Å². The standard InChI is InChI=1S/C10H7Cl2NO2/c11-3-4-13-8-5-6(12)1-2-7(8)9(14)10(13)15/h1-2,5H,3-4H2. The summed E-state index contributed by atoms with van der Waals surface area (Å²) < 4.78 is 0. The number of fused-ring (bicyclic) bond motifs is 1. The number of nitrogens with zero attached hydrogens (tertiary/aromatic N) is 1. The average Bonchev–Trinajstić information content (AvgIpc) is 2.44. The summed E-state index contributed by atoms with van der Waals surface area (Å²) in [6.45, 7) is 0.319. The molecule has 0 unspecified atom stereocenters. The molecule has 0 saturated heterocycles. The van der Waals surface area contributed by atoms with Crippen molar-refractivity contribution in [3.8, 4) is 0 Å². The van der Waals surface area contributed by atoms with Gasteiger partial charge in [-0.25, -0.2) is 0 Å². The molecule has 78 valence electrons. The number of ketones is 1. The number of halogens is 2. The lowest BCUT2D eigenvalue weighted by molar-refractivity contribution is -0.114. The molecule has 1 aliphatic heterocycles. The van der Waals surface area contributed by atoms with Gasteiger partial charge in [0.2, 0.25) is 0 Å². The van der Waals surface area contributed by atoms with Crippen LogP contribution in [-0.4, -0.2) is 24.1 Å². The van der Waals surface area contributed by atoms with E-state index in [1.807, 2.05) is 0 Å². The number of carbonyl (C=O) groups is 2. The van der Waals surface area contributed by atoms with Gasteiger partial charge in [0.1, 0.15) is 0 Å². The van der Waals surface area contributed by atoms with E-state index in [2.05, 4.69) is 0 Å². The lowest BCUT2D eigenvalue weighted by Gasteiger charge is -2.14. The third-order valence-electron chi connectivity index (χ3n) is 2.24. The smallest absolute Gasteiger partial charge is 0.299 e. The number of hydrogen-bond donors (Lipinski definition) is 0. The third kappa shape index (κ3) is 1.62. The minimum absolute atomic E-state index is 0.283. The molecule has 15 heavy (non-hydrogen) atoms.